The Balaban J connectivity index is 4.04. The van der Waals surface area contributed by atoms with Crippen LogP contribution in [0.4, 0.5) is 0 Å². The third-order valence-electron chi connectivity index (χ3n) is 3.84. The molecule has 1 atom stereocenters. The number of hydrogen-bond acceptors (Lipinski definition) is 6. The first-order valence-corrected chi connectivity index (χ1v) is 10.6. The molecule has 7 nitrogen and oxygen atoms in total. The molecule has 0 bridgehead atoms. The molecule has 8 heteroatoms. The van der Waals surface area contributed by atoms with Gasteiger partial charge in [-0.25, -0.2) is 0 Å². The summed E-state index contributed by atoms with van der Waals surface area (Å²) >= 11 is 1.75. The lowest BCUT2D eigenvalue weighted by Gasteiger charge is -2.26. The number of carbonyl (C=O) groups is 2. The maximum atomic E-state index is 12.5. The van der Waals surface area contributed by atoms with Gasteiger partial charge in [0.1, 0.15) is 5.92 Å². The molecule has 0 saturated heterocycles. The van der Waals surface area contributed by atoms with Gasteiger partial charge in [0.05, 0.1) is 33.0 Å². The van der Waals surface area contributed by atoms with E-state index in [0.29, 0.717) is 52.5 Å². The SMILES string of the molecule is CCN(CC)C(=O)C(CCOCCOCCOCCSC)C(=O)N(C)C. The zero-order valence-electron chi connectivity index (χ0n) is 17.0. The molecule has 0 aromatic carbocycles. The van der Waals surface area contributed by atoms with Crippen molar-refractivity contribution in [3.8, 4) is 0 Å². The van der Waals surface area contributed by atoms with Gasteiger partial charge < -0.3 is 24.0 Å². The standard InChI is InChI=1S/C18H36N2O5S/c1-6-20(7-2)18(22)16(17(21)19(3)4)8-9-23-10-11-24-12-13-25-14-15-26-5/h16H,6-15H2,1-5H3. The molecule has 0 aliphatic carbocycles. The van der Waals surface area contributed by atoms with Crippen LogP contribution >= 0.6 is 11.8 Å². The highest BCUT2D eigenvalue weighted by Gasteiger charge is 2.30. The Morgan fingerprint density at radius 3 is 1.81 bits per heavy atom. The molecule has 1 unspecified atom stereocenters. The van der Waals surface area contributed by atoms with E-state index in [1.807, 2.05) is 20.1 Å². The van der Waals surface area contributed by atoms with Gasteiger partial charge in [-0.05, 0) is 26.5 Å². The smallest absolute Gasteiger partial charge is 0.235 e. The first-order valence-electron chi connectivity index (χ1n) is 9.21. The van der Waals surface area contributed by atoms with Crippen molar-refractivity contribution in [2.24, 2.45) is 5.92 Å². The van der Waals surface area contributed by atoms with Crippen LogP contribution in [0.3, 0.4) is 0 Å². The van der Waals surface area contributed by atoms with Crippen LogP contribution in [-0.4, -0.2) is 100 Å². The lowest BCUT2D eigenvalue weighted by Crippen LogP contribution is -2.43. The van der Waals surface area contributed by atoms with E-state index in [9.17, 15) is 9.59 Å². The van der Waals surface area contributed by atoms with Crippen molar-refractivity contribution in [3.63, 3.8) is 0 Å². The highest BCUT2D eigenvalue weighted by molar-refractivity contribution is 7.98. The second-order valence-electron chi connectivity index (χ2n) is 5.91. The number of amides is 2. The maximum absolute atomic E-state index is 12.5. The summed E-state index contributed by atoms with van der Waals surface area (Å²) in [6.07, 6.45) is 2.42. The molecule has 0 aromatic rings. The number of nitrogens with zero attached hydrogens (tertiary/aromatic N) is 2. The van der Waals surface area contributed by atoms with E-state index in [1.165, 1.54) is 4.90 Å². The van der Waals surface area contributed by atoms with Crippen LogP contribution in [0.5, 0.6) is 0 Å². The summed E-state index contributed by atoms with van der Waals surface area (Å²) in [6.45, 7) is 8.15. The normalized spacial score (nSPS) is 12.0. The van der Waals surface area contributed by atoms with Gasteiger partial charge in [-0.2, -0.15) is 11.8 Å². The minimum Gasteiger partial charge on any atom is -0.379 e. The minimum absolute atomic E-state index is 0.129. The molecular formula is C18H36N2O5S. The molecule has 0 aliphatic heterocycles. The van der Waals surface area contributed by atoms with Crippen LogP contribution < -0.4 is 0 Å². The lowest BCUT2D eigenvalue weighted by atomic mass is 10.0. The molecule has 0 spiro atoms. The lowest BCUT2D eigenvalue weighted by molar-refractivity contribution is -0.146. The van der Waals surface area contributed by atoms with E-state index in [2.05, 4.69) is 0 Å². The highest BCUT2D eigenvalue weighted by Crippen LogP contribution is 2.12. The molecule has 0 N–H and O–H groups in total. The zero-order valence-corrected chi connectivity index (χ0v) is 17.8. The molecule has 0 aromatic heterocycles. The third-order valence-corrected chi connectivity index (χ3v) is 4.41. The van der Waals surface area contributed by atoms with E-state index in [-0.39, 0.29) is 11.8 Å². The van der Waals surface area contributed by atoms with Crippen molar-refractivity contribution in [2.75, 3.05) is 78.8 Å². The fourth-order valence-electron chi connectivity index (χ4n) is 2.31. The summed E-state index contributed by atoms with van der Waals surface area (Å²) < 4.78 is 16.3. The molecule has 0 heterocycles. The zero-order chi connectivity index (χ0) is 19.8. The van der Waals surface area contributed by atoms with E-state index in [0.717, 1.165) is 12.4 Å². The van der Waals surface area contributed by atoms with Crippen LogP contribution in [0, 0.1) is 5.92 Å². The van der Waals surface area contributed by atoms with E-state index < -0.39 is 5.92 Å². The minimum atomic E-state index is -0.685. The molecular weight excluding hydrogens is 356 g/mol. The third kappa shape index (κ3) is 11.0. The molecule has 26 heavy (non-hydrogen) atoms. The summed E-state index contributed by atoms with van der Waals surface area (Å²) in [5.41, 5.74) is 0. The molecule has 0 saturated carbocycles. The molecule has 0 rings (SSSR count). The van der Waals surface area contributed by atoms with Crippen LogP contribution in [0.25, 0.3) is 0 Å². The second kappa shape index (κ2) is 16.4. The van der Waals surface area contributed by atoms with Gasteiger partial charge in [0.25, 0.3) is 0 Å². The Labute approximate surface area is 162 Å². The second-order valence-corrected chi connectivity index (χ2v) is 6.90. The van der Waals surface area contributed by atoms with Gasteiger partial charge in [0, 0.05) is 39.5 Å². The largest absolute Gasteiger partial charge is 0.379 e. The first-order chi connectivity index (χ1) is 12.5. The quantitative estimate of drug-likeness (QED) is 0.292. The van der Waals surface area contributed by atoms with Crippen LogP contribution in [0.15, 0.2) is 0 Å². The van der Waals surface area contributed by atoms with Gasteiger partial charge in [0.2, 0.25) is 11.8 Å². The average Bonchev–Trinajstić information content (AvgIpc) is 2.63. The van der Waals surface area contributed by atoms with Crippen molar-refractivity contribution in [1.29, 1.82) is 0 Å². The van der Waals surface area contributed by atoms with E-state index in [4.69, 9.17) is 14.2 Å². The van der Waals surface area contributed by atoms with Gasteiger partial charge >= 0.3 is 0 Å². The Morgan fingerprint density at radius 1 is 0.846 bits per heavy atom. The predicted molar refractivity (Wildman–Crippen MR) is 106 cm³/mol. The average molecular weight is 393 g/mol. The van der Waals surface area contributed by atoms with E-state index in [1.54, 1.807) is 30.8 Å². The topological polar surface area (TPSA) is 68.3 Å². The monoisotopic (exact) mass is 392 g/mol. The molecule has 0 radical (unpaired) electrons. The van der Waals surface area contributed by atoms with E-state index >= 15 is 0 Å². The van der Waals surface area contributed by atoms with Crippen molar-refractivity contribution in [2.45, 2.75) is 20.3 Å². The molecule has 0 fully saturated rings. The number of ether oxygens (including phenoxy) is 3. The molecule has 154 valence electrons. The summed E-state index contributed by atoms with van der Waals surface area (Å²) in [4.78, 5) is 28.0. The van der Waals surface area contributed by atoms with Gasteiger partial charge in [0.15, 0.2) is 0 Å². The van der Waals surface area contributed by atoms with Gasteiger partial charge in [-0.1, -0.05) is 0 Å². The summed E-state index contributed by atoms with van der Waals surface area (Å²) in [5, 5.41) is 0. The number of rotatable bonds is 16. The fraction of sp³-hybridized carbons (Fsp3) is 0.889. The predicted octanol–water partition coefficient (Wildman–Crippen LogP) is 1.36. The number of thioether (sulfide) groups is 1. The fourth-order valence-corrected chi connectivity index (χ4v) is 2.59. The van der Waals surface area contributed by atoms with Crippen LogP contribution in [0.1, 0.15) is 20.3 Å². The molecule has 2 amide bonds. The molecule has 0 aliphatic rings. The maximum Gasteiger partial charge on any atom is 0.235 e. The number of hydrogen-bond donors (Lipinski definition) is 0. The van der Waals surface area contributed by atoms with Crippen molar-refractivity contribution >= 4 is 23.6 Å². The Kier molecular flexibility index (Phi) is 15.8. The Bertz CT molecular complexity index is 379. The first kappa shape index (κ1) is 25.2. The van der Waals surface area contributed by atoms with Crippen molar-refractivity contribution in [1.82, 2.24) is 9.80 Å². The van der Waals surface area contributed by atoms with Crippen LogP contribution in [0.2, 0.25) is 0 Å². The van der Waals surface area contributed by atoms with Crippen molar-refractivity contribution in [3.05, 3.63) is 0 Å². The van der Waals surface area contributed by atoms with Crippen LogP contribution in [-0.2, 0) is 23.8 Å². The Morgan fingerprint density at radius 2 is 1.35 bits per heavy atom. The summed E-state index contributed by atoms with van der Waals surface area (Å²) in [7, 11) is 3.33. The summed E-state index contributed by atoms with van der Waals surface area (Å²) in [6, 6.07) is 0. The van der Waals surface area contributed by atoms with Crippen molar-refractivity contribution < 1.29 is 23.8 Å². The van der Waals surface area contributed by atoms with Gasteiger partial charge in [-0.15, -0.1) is 0 Å². The number of carbonyl (C=O) groups excluding carboxylic acids is 2. The van der Waals surface area contributed by atoms with Gasteiger partial charge in [-0.3, -0.25) is 9.59 Å². The summed E-state index contributed by atoms with van der Waals surface area (Å²) in [5.74, 6) is -0.00181. The Hall–Kier alpha value is -0.830. The highest BCUT2D eigenvalue weighted by atomic mass is 32.2.